The van der Waals surface area contributed by atoms with Crippen molar-refractivity contribution in [3.05, 3.63) is 51.0 Å². The smallest absolute Gasteiger partial charge is 0.271 e. The predicted molar refractivity (Wildman–Crippen MR) is 93.6 cm³/mol. The Morgan fingerprint density at radius 2 is 2.16 bits per heavy atom. The zero-order valence-electron chi connectivity index (χ0n) is 13.0. The van der Waals surface area contributed by atoms with E-state index in [0.717, 1.165) is 5.56 Å². The van der Waals surface area contributed by atoms with E-state index < -0.39 is 4.92 Å². The van der Waals surface area contributed by atoms with Crippen molar-refractivity contribution in [2.75, 3.05) is 23.8 Å². The van der Waals surface area contributed by atoms with Gasteiger partial charge in [-0.3, -0.25) is 10.1 Å². The molecule has 0 aliphatic carbocycles. The summed E-state index contributed by atoms with van der Waals surface area (Å²) in [6.07, 6.45) is 0. The Balaban J connectivity index is 1.74. The fraction of sp³-hybridized carbons (Fsp3) is 0.200. The molecule has 0 aliphatic rings. The second-order valence-corrected chi connectivity index (χ2v) is 5.79. The number of nitro groups is 1. The molecule has 0 amide bonds. The van der Waals surface area contributed by atoms with E-state index in [9.17, 15) is 10.1 Å². The van der Waals surface area contributed by atoms with E-state index in [0.29, 0.717) is 29.6 Å². The van der Waals surface area contributed by atoms with Gasteiger partial charge in [-0.25, -0.2) is 0 Å². The van der Waals surface area contributed by atoms with Gasteiger partial charge in [-0.05, 0) is 17.5 Å². The number of hydrogen-bond donors (Lipinski definition) is 3. The van der Waals surface area contributed by atoms with Crippen LogP contribution in [0.25, 0.3) is 11.4 Å². The molecule has 9 nitrogen and oxygen atoms in total. The van der Waals surface area contributed by atoms with Crippen LogP contribution in [0, 0.1) is 10.1 Å². The number of nitrogens with zero attached hydrogens (tertiary/aromatic N) is 3. The van der Waals surface area contributed by atoms with E-state index in [4.69, 9.17) is 9.63 Å². The van der Waals surface area contributed by atoms with Crippen LogP contribution in [0.1, 0.15) is 5.89 Å². The monoisotopic (exact) mass is 361 g/mol. The van der Waals surface area contributed by atoms with Crippen LogP contribution in [0.2, 0.25) is 0 Å². The third kappa shape index (κ3) is 4.11. The Hall–Kier alpha value is -2.98. The number of benzene rings is 1. The second kappa shape index (κ2) is 7.73. The van der Waals surface area contributed by atoms with Crippen molar-refractivity contribution in [3.63, 3.8) is 0 Å². The van der Waals surface area contributed by atoms with Crippen LogP contribution in [0.5, 0.6) is 0 Å². The number of nitrogens with one attached hydrogen (secondary N) is 2. The predicted octanol–water partition coefficient (Wildman–Crippen LogP) is 2.72. The highest BCUT2D eigenvalue weighted by molar-refractivity contribution is 7.08. The highest BCUT2D eigenvalue weighted by atomic mass is 32.1. The Bertz CT molecular complexity index is 849. The summed E-state index contributed by atoms with van der Waals surface area (Å²) in [5.41, 5.74) is 1.98. The van der Waals surface area contributed by atoms with Gasteiger partial charge < -0.3 is 20.3 Å². The summed E-state index contributed by atoms with van der Waals surface area (Å²) in [6.45, 7) is 0.492. The third-order valence-electron chi connectivity index (χ3n) is 3.32. The molecular weight excluding hydrogens is 346 g/mol. The summed E-state index contributed by atoms with van der Waals surface area (Å²) in [4.78, 5) is 14.8. The third-order valence-corrected chi connectivity index (χ3v) is 4.00. The van der Waals surface area contributed by atoms with E-state index in [1.54, 1.807) is 6.07 Å². The lowest BCUT2D eigenvalue weighted by Gasteiger charge is -2.12. The summed E-state index contributed by atoms with van der Waals surface area (Å²) in [6, 6.07) is 6.28. The zero-order valence-corrected chi connectivity index (χ0v) is 13.8. The molecule has 2 aromatic heterocycles. The molecular formula is C15H15N5O4S. The maximum atomic E-state index is 11.0. The Morgan fingerprint density at radius 3 is 2.88 bits per heavy atom. The van der Waals surface area contributed by atoms with Crippen molar-refractivity contribution in [1.29, 1.82) is 0 Å². The van der Waals surface area contributed by atoms with Gasteiger partial charge >= 0.3 is 0 Å². The summed E-state index contributed by atoms with van der Waals surface area (Å²) in [7, 11) is 0. The Labute approximate surface area is 146 Å². The molecule has 10 heteroatoms. The van der Waals surface area contributed by atoms with Gasteiger partial charge in [-0.1, -0.05) is 5.16 Å². The number of aliphatic hydroxyl groups excluding tert-OH is 1. The van der Waals surface area contributed by atoms with E-state index in [1.165, 1.54) is 23.5 Å². The fourth-order valence-corrected chi connectivity index (χ4v) is 2.78. The minimum absolute atomic E-state index is 0.0402. The average Bonchev–Trinajstić information content (AvgIpc) is 3.29. The highest BCUT2D eigenvalue weighted by Crippen LogP contribution is 2.27. The van der Waals surface area contributed by atoms with Crippen LogP contribution in [0.15, 0.2) is 39.5 Å². The number of non-ortho nitro benzene ring substituents is 1. The summed E-state index contributed by atoms with van der Waals surface area (Å²) < 4.78 is 5.20. The number of aliphatic hydroxyl groups is 1. The quantitative estimate of drug-likeness (QED) is 0.413. The summed E-state index contributed by atoms with van der Waals surface area (Å²) >= 11 is 1.54. The molecule has 1 aromatic carbocycles. The summed E-state index contributed by atoms with van der Waals surface area (Å²) in [5, 5.41) is 33.7. The molecule has 25 heavy (non-hydrogen) atoms. The molecule has 0 saturated heterocycles. The van der Waals surface area contributed by atoms with Crippen molar-refractivity contribution < 1.29 is 14.6 Å². The van der Waals surface area contributed by atoms with Gasteiger partial charge in [0, 0.05) is 29.6 Å². The summed E-state index contributed by atoms with van der Waals surface area (Å²) in [5.74, 6) is 0.858. The van der Waals surface area contributed by atoms with E-state index >= 15 is 0 Å². The molecule has 0 bridgehead atoms. The molecule has 0 fully saturated rings. The average molecular weight is 361 g/mol. The molecule has 2 heterocycles. The fourth-order valence-electron chi connectivity index (χ4n) is 2.14. The number of rotatable bonds is 8. The highest BCUT2D eigenvalue weighted by Gasteiger charge is 2.13. The topological polar surface area (TPSA) is 126 Å². The van der Waals surface area contributed by atoms with Crippen LogP contribution < -0.4 is 10.6 Å². The maximum absolute atomic E-state index is 11.0. The number of anilines is 2. The largest absolute Gasteiger partial charge is 0.395 e. The van der Waals surface area contributed by atoms with Gasteiger partial charge in [0.25, 0.3) is 5.69 Å². The molecule has 0 atom stereocenters. The van der Waals surface area contributed by atoms with E-state index in [2.05, 4.69) is 20.8 Å². The van der Waals surface area contributed by atoms with Gasteiger partial charge in [-0.2, -0.15) is 16.3 Å². The van der Waals surface area contributed by atoms with Crippen LogP contribution >= 0.6 is 11.3 Å². The number of nitro benzene ring substituents is 1. The molecule has 0 aliphatic heterocycles. The lowest BCUT2D eigenvalue weighted by Crippen LogP contribution is -2.09. The standard InChI is InChI=1S/C15H15N5O4S/c21-5-4-16-12-2-1-11(20(22)23)7-13(12)17-8-14-18-15(19-24-14)10-3-6-25-9-10/h1-3,6-7,9,16-17,21H,4-5,8H2. The van der Waals surface area contributed by atoms with Gasteiger partial charge in [0.1, 0.15) is 0 Å². The van der Waals surface area contributed by atoms with Crippen LogP contribution in [0.3, 0.4) is 0 Å². The first-order valence-corrected chi connectivity index (χ1v) is 8.34. The number of aromatic nitrogens is 2. The van der Waals surface area contributed by atoms with Crippen molar-refractivity contribution >= 4 is 28.4 Å². The van der Waals surface area contributed by atoms with Gasteiger partial charge in [0.2, 0.25) is 11.7 Å². The van der Waals surface area contributed by atoms with Crippen molar-refractivity contribution in [2.24, 2.45) is 0 Å². The molecule has 0 radical (unpaired) electrons. The van der Waals surface area contributed by atoms with Crippen LogP contribution in [-0.4, -0.2) is 33.3 Å². The Kier molecular flexibility index (Phi) is 5.21. The van der Waals surface area contributed by atoms with E-state index in [1.807, 2.05) is 16.8 Å². The number of hydrogen-bond acceptors (Lipinski definition) is 9. The molecule has 130 valence electrons. The molecule has 3 rings (SSSR count). The lowest BCUT2D eigenvalue weighted by atomic mass is 10.2. The van der Waals surface area contributed by atoms with Crippen molar-refractivity contribution in [2.45, 2.75) is 6.54 Å². The van der Waals surface area contributed by atoms with Gasteiger partial charge in [-0.15, -0.1) is 0 Å². The molecule has 0 unspecified atom stereocenters. The minimum Gasteiger partial charge on any atom is -0.395 e. The van der Waals surface area contributed by atoms with Gasteiger partial charge in [0.15, 0.2) is 0 Å². The normalized spacial score (nSPS) is 10.6. The van der Waals surface area contributed by atoms with Crippen LogP contribution in [0.4, 0.5) is 17.1 Å². The lowest BCUT2D eigenvalue weighted by molar-refractivity contribution is -0.384. The van der Waals surface area contributed by atoms with Crippen molar-refractivity contribution in [3.8, 4) is 11.4 Å². The second-order valence-electron chi connectivity index (χ2n) is 5.01. The molecule has 3 aromatic rings. The minimum atomic E-state index is -0.470. The maximum Gasteiger partial charge on any atom is 0.271 e. The molecule has 0 saturated carbocycles. The first-order valence-electron chi connectivity index (χ1n) is 7.39. The van der Waals surface area contributed by atoms with Crippen LogP contribution in [-0.2, 0) is 6.54 Å². The zero-order chi connectivity index (χ0) is 17.6. The molecule has 0 spiro atoms. The SMILES string of the molecule is O=[N+]([O-])c1ccc(NCCO)c(NCc2nc(-c3ccsc3)no2)c1. The Morgan fingerprint density at radius 1 is 1.28 bits per heavy atom. The first kappa shape index (κ1) is 16.9. The molecule has 3 N–H and O–H groups in total. The van der Waals surface area contributed by atoms with Gasteiger partial charge in [0.05, 0.1) is 29.4 Å². The van der Waals surface area contributed by atoms with Crippen molar-refractivity contribution in [1.82, 2.24) is 10.1 Å². The first-order chi connectivity index (χ1) is 12.2. The number of thiophene rings is 1. The van der Waals surface area contributed by atoms with E-state index in [-0.39, 0.29) is 18.8 Å².